The van der Waals surface area contributed by atoms with Crippen molar-refractivity contribution in [2.24, 2.45) is 5.92 Å². The molecule has 1 amide bonds. The number of fused-ring (bicyclic) bond motifs is 1. The Morgan fingerprint density at radius 1 is 1.41 bits per heavy atom. The van der Waals surface area contributed by atoms with Crippen molar-refractivity contribution < 1.29 is 9.53 Å². The summed E-state index contributed by atoms with van der Waals surface area (Å²) in [5.41, 5.74) is 0.381. The van der Waals surface area contributed by atoms with E-state index in [1.807, 2.05) is 6.92 Å². The molecule has 1 aliphatic rings. The fourth-order valence-electron chi connectivity index (χ4n) is 3.69. The van der Waals surface area contributed by atoms with Crippen molar-refractivity contribution >= 4 is 40.2 Å². The van der Waals surface area contributed by atoms with Crippen molar-refractivity contribution in [3.8, 4) is 0 Å². The predicted molar refractivity (Wildman–Crippen MR) is 118 cm³/mol. The van der Waals surface area contributed by atoms with Crippen molar-refractivity contribution in [3.63, 3.8) is 0 Å². The molecule has 1 fully saturated rings. The van der Waals surface area contributed by atoms with Crippen molar-refractivity contribution in [3.05, 3.63) is 33.6 Å². The Kier molecular flexibility index (Phi) is 7.60. The highest BCUT2D eigenvalue weighted by Crippen LogP contribution is 2.27. The minimum absolute atomic E-state index is 0.0209. The summed E-state index contributed by atoms with van der Waals surface area (Å²) >= 11 is 7.38. The van der Waals surface area contributed by atoms with Gasteiger partial charge >= 0.3 is 0 Å². The number of nitrogens with one attached hydrogen (secondary N) is 1. The van der Waals surface area contributed by atoms with E-state index in [0.29, 0.717) is 40.2 Å². The van der Waals surface area contributed by atoms with Crippen LogP contribution in [0.5, 0.6) is 0 Å². The molecular formula is C21H28ClN3O3S. The normalized spacial score (nSPS) is 20.6. The highest BCUT2D eigenvalue weighted by molar-refractivity contribution is 8.00. The fourth-order valence-corrected chi connectivity index (χ4v) is 4.80. The second-order valence-electron chi connectivity index (χ2n) is 7.64. The summed E-state index contributed by atoms with van der Waals surface area (Å²) < 4.78 is 6.74. The van der Waals surface area contributed by atoms with Gasteiger partial charge in [-0.3, -0.25) is 14.2 Å². The highest BCUT2D eigenvalue weighted by atomic mass is 35.5. The van der Waals surface area contributed by atoms with Gasteiger partial charge in [-0.2, -0.15) is 0 Å². The highest BCUT2D eigenvalue weighted by Gasteiger charge is 2.26. The number of nitrogens with zero attached hydrogens (tertiary/aromatic N) is 2. The van der Waals surface area contributed by atoms with Gasteiger partial charge in [0.25, 0.3) is 5.56 Å². The van der Waals surface area contributed by atoms with Crippen molar-refractivity contribution in [1.29, 1.82) is 0 Å². The summed E-state index contributed by atoms with van der Waals surface area (Å²) in [4.78, 5) is 30.4. The third kappa shape index (κ3) is 5.32. The lowest BCUT2D eigenvalue weighted by molar-refractivity contribution is -0.121. The second-order valence-corrected chi connectivity index (χ2v) is 9.39. The zero-order valence-corrected chi connectivity index (χ0v) is 18.7. The van der Waals surface area contributed by atoms with Gasteiger partial charge in [0.05, 0.1) is 29.3 Å². The second kappa shape index (κ2) is 9.96. The Labute approximate surface area is 180 Å². The molecule has 0 spiro atoms. The van der Waals surface area contributed by atoms with Crippen LogP contribution in [0.1, 0.15) is 39.5 Å². The Bertz CT molecular complexity index is 933. The Balaban J connectivity index is 1.84. The molecule has 1 aromatic heterocycles. The lowest BCUT2D eigenvalue weighted by atomic mass is 9.86. The summed E-state index contributed by atoms with van der Waals surface area (Å²) in [5, 5.41) is 4.34. The van der Waals surface area contributed by atoms with Crippen molar-refractivity contribution in [2.45, 2.75) is 62.5 Å². The molecule has 1 N–H and O–H groups in total. The SMILES string of the molecule is COCCn1c(SC(C)C(=O)NC2CCCCC2C)nc2cc(Cl)ccc2c1=O. The van der Waals surface area contributed by atoms with Gasteiger partial charge in [-0.05, 0) is 43.9 Å². The summed E-state index contributed by atoms with van der Waals surface area (Å²) in [5.74, 6) is 0.471. The van der Waals surface area contributed by atoms with E-state index >= 15 is 0 Å². The average Bonchev–Trinajstić information content (AvgIpc) is 2.69. The molecule has 158 valence electrons. The molecule has 1 saturated carbocycles. The molecule has 6 nitrogen and oxygen atoms in total. The van der Waals surface area contributed by atoms with E-state index in [2.05, 4.69) is 17.2 Å². The number of hydrogen-bond acceptors (Lipinski definition) is 5. The van der Waals surface area contributed by atoms with Gasteiger partial charge in [-0.15, -0.1) is 0 Å². The topological polar surface area (TPSA) is 73.2 Å². The average molecular weight is 438 g/mol. The number of ether oxygens (including phenoxy) is 1. The van der Waals surface area contributed by atoms with E-state index in [1.165, 1.54) is 18.2 Å². The summed E-state index contributed by atoms with van der Waals surface area (Å²) in [6.45, 7) is 4.80. The van der Waals surface area contributed by atoms with Crippen LogP contribution in [0, 0.1) is 5.92 Å². The molecule has 0 radical (unpaired) electrons. The zero-order chi connectivity index (χ0) is 21.0. The molecule has 3 rings (SSSR count). The number of rotatable bonds is 7. The quantitative estimate of drug-likeness (QED) is 0.525. The maximum absolute atomic E-state index is 13.0. The smallest absolute Gasteiger partial charge is 0.262 e. The van der Waals surface area contributed by atoms with Gasteiger partial charge in [-0.25, -0.2) is 4.98 Å². The third-order valence-corrected chi connectivity index (χ3v) is 6.82. The molecule has 8 heteroatoms. The lowest BCUT2D eigenvalue weighted by Crippen LogP contribution is -2.44. The number of hydrogen-bond donors (Lipinski definition) is 1. The minimum Gasteiger partial charge on any atom is -0.383 e. The molecule has 0 aliphatic heterocycles. The van der Waals surface area contributed by atoms with Crippen LogP contribution in [0.2, 0.25) is 5.02 Å². The van der Waals surface area contributed by atoms with Crippen LogP contribution >= 0.6 is 23.4 Å². The van der Waals surface area contributed by atoms with Crippen molar-refractivity contribution in [1.82, 2.24) is 14.9 Å². The number of halogens is 1. The number of carbonyl (C=O) groups is 1. The lowest BCUT2D eigenvalue weighted by Gasteiger charge is -2.30. The molecule has 1 aliphatic carbocycles. The van der Waals surface area contributed by atoms with E-state index in [0.717, 1.165) is 19.3 Å². The standard InChI is InChI=1S/C21H28ClN3O3S/c1-13-6-4-5-7-17(13)23-19(26)14(2)29-21-24-18-12-15(22)8-9-16(18)20(27)25(21)10-11-28-3/h8-9,12-14,17H,4-7,10-11H2,1-3H3,(H,23,26). The van der Waals surface area contributed by atoms with Crippen LogP contribution in [0.15, 0.2) is 28.2 Å². The molecule has 3 unspecified atom stereocenters. The van der Waals surface area contributed by atoms with E-state index in [-0.39, 0.29) is 22.8 Å². The van der Waals surface area contributed by atoms with Gasteiger partial charge < -0.3 is 10.1 Å². The van der Waals surface area contributed by atoms with Crippen LogP contribution in [0.4, 0.5) is 0 Å². The maximum atomic E-state index is 13.0. The minimum atomic E-state index is -0.374. The van der Waals surface area contributed by atoms with E-state index < -0.39 is 0 Å². The predicted octanol–water partition coefficient (Wildman–Crippen LogP) is 3.87. The van der Waals surface area contributed by atoms with E-state index in [4.69, 9.17) is 16.3 Å². The number of benzene rings is 1. The van der Waals surface area contributed by atoms with Crippen LogP contribution in [-0.2, 0) is 16.1 Å². The number of carbonyl (C=O) groups excluding carboxylic acids is 1. The molecule has 29 heavy (non-hydrogen) atoms. The molecule has 1 aromatic carbocycles. The first-order valence-electron chi connectivity index (χ1n) is 10.1. The van der Waals surface area contributed by atoms with Gasteiger partial charge in [0.15, 0.2) is 5.16 Å². The molecule has 0 saturated heterocycles. The molecule has 3 atom stereocenters. The monoisotopic (exact) mass is 437 g/mol. The van der Waals surface area contributed by atoms with Gasteiger partial charge in [0, 0.05) is 18.2 Å². The summed E-state index contributed by atoms with van der Waals surface area (Å²) in [7, 11) is 1.59. The number of amides is 1. The summed E-state index contributed by atoms with van der Waals surface area (Å²) in [6, 6.07) is 5.27. The third-order valence-electron chi connectivity index (χ3n) is 5.49. The van der Waals surface area contributed by atoms with Crippen LogP contribution < -0.4 is 10.9 Å². The summed E-state index contributed by atoms with van der Waals surface area (Å²) in [6.07, 6.45) is 4.55. The fraction of sp³-hybridized carbons (Fsp3) is 0.571. The Morgan fingerprint density at radius 2 is 2.17 bits per heavy atom. The first kappa shape index (κ1) is 22.1. The van der Waals surface area contributed by atoms with Crippen LogP contribution in [0.3, 0.4) is 0 Å². The number of aromatic nitrogens is 2. The molecule has 2 aromatic rings. The Morgan fingerprint density at radius 3 is 2.90 bits per heavy atom. The first-order chi connectivity index (χ1) is 13.9. The zero-order valence-electron chi connectivity index (χ0n) is 17.1. The first-order valence-corrected chi connectivity index (χ1v) is 11.3. The van der Waals surface area contributed by atoms with Gasteiger partial charge in [0.1, 0.15) is 0 Å². The largest absolute Gasteiger partial charge is 0.383 e. The molecule has 1 heterocycles. The van der Waals surface area contributed by atoms with Crippen LogP contribution in [-0.4, -0.2) is 40.5 Å². The van der Waals surface area contributed by atoms with Crippen molar-refractivity contribution in [2.75, 3.05) is 13.7 Å². The number of methoxy groups -OCH3 is 1. The van der Waals surface area contributed by atoms with Gasteiger partial charge in [0.2, 0.25) is 5.91 Å². The Hall–Kier alpha value is -1.57. The van der Waals surface area contributed by atoms with Gasteiger partial charge in [-0.1, -0.05) is 43.1 Å². The van der Waals surface area contributed by atoms with E-state index in [1.54, 1.807) is 29.9 Å². The van der Waals surface area contributed by atoms with E-state index in [9.17, 15) is 9.59 Å². The molecular weight excluding hydrogens is 410 g/mol. The molecule has 0 bridgehead atoms. The number of thioether (sulfide) groups is 1. The maximum Gasteiger partial charge on any atom is 0.262 e. The van der Waals surface area contributed by atoms with Crippen LogP contribution in [0.25, 0.3) is 10.9 Å².